The molecule has 3 nitrogen and oxygen atoms in total. The second-order valence-electron chi connectivity index (χ2n) is 7.09. The van der Waals surface area contributed by atoms with Gasteiger partial charge in [0.25, 0.3) is 0 Å². The second kappa shape index (κ2) is 7.21. The topological polar surface area (TPSA) is 34.1 Å². The van der Waals surface area contributed by atoms with Crippen molar-refractivity contribution in [2.75, 3.05) is 6.61 Å². The number of nitrogens with zero attached hydrogens (tertiary/aromatic N) is 1. The molecular formula is C17H32N2OS. The Kier molecular flexibility index (Phi) is 6.38. The number of hydrogen-bond donors (Lipinski definition) is 1. The molecule has 0 amide bonds. The summed E-state index contributed by atoms with van der Waals surface area (Å²) in [5.41, 5.74) is 0.995. The van der Waals surface area contributed by atoms with Gasteiger partial charge < -0.3 is 10.1 Å². The van der Waals surface area contributed by atoms with Crippen molar-refractivity contribution in [2.45, 2.75) is 85.4 Å². The summed E-state index contributed by atoms with van der Waals surface area (Å²) in [6.07, 6.45) is 0.939. The molecule has 0 radical (unpaired) electrons. The molecule has 1 aromatic heterocycles. The highest BCUT2D eigenvalue weighted by Gasteiger charge is 2.32. The normalized spacial score (nSPS) is 15.5. The van der Waals surface area contributed by atoms with Crippen LogP contribution in [0.2, 0.25) is 0 Å². The maximum Gasteiger partial charge on any atom is 0.125 e. The van der Waals surface area contributed by atoms with Crippen LogP contribution < -0.4 is 5.32 Å². The first-order valence-corrected chi connectivity index (χ1v) is 8.83. The van der Waals surface area contributed by atoms with E-state index in [1.165, 1.54) is 10.6 Å². The van der Waals surface area contributed by atoms with Crippen LogP contribution in [0.1, 0.15) is 77.4 Å². The van der Waals surface area contributed by atoms with Crippen molar-refractivity contribution < 1.29 is 4.74 Å². The lowest BCUT2D eigenvalue weighted by Gasteiger charge is -2.25. The summed E-state index contributed by atoms with van der Waals surface area (Å²) >= 11 is 1.80. The van der Waals surface area contributed by atoms with E-state index in [4.69, 9.17) is 9.72 Å². The molecule has 0 spiro atoms. The Bertz CT molecular complexity index is 448. The van der Waals surface area contributed by atoms with E-state index in [1.54, 1.807) is 11.3 Å². The van der Waals surface area contributed by atoms with Crippen molar-refractivity contribution in [1.29, 1.82) is 0 Å². The van der Waals surface area contributed by atoms with E-state index in [9.17, 15) is 0 Å². The molecule has 1 unspecified atom stereocenters. The maximum absolute atomic E-state index is 6.00. The van der Waals surface area contributed by atoms with Crippen LogP contribution in [0.5, 0.6) is 0 Å². The number of hydrogen-bond acceptors (Lipinski definition) is 4. The Morgan fingerprint density at radius 2 is 1.81 bits per heavy atom. The predicted molar refractivity (Wildman–Crippen MR) is 92.1 cm³/mol. The van der Waals surface area contributed by atoms with Crippen molar-refractivity contribution in [2.24, 2.45) is 0 Å². The second-order valence-corrected chi connectivity index (χ2v) is 8.18. The van der Waals surface area contributed by atoms with Gasteiger partial charge in [-0.2, -0.15) is 0 Å². The van der Waals surface area contributed by atoms with Gasteiger partial charge in [-0.15, -0.1) is 11.3 Å². The first-order valence-electron chi connectivity index (χ1n) is 8.02. The van der Waals surface area contributed by atoms with Gasteiger partial charge in [0.05, 0.1) is 5.69 Å². The molecule has 0 bridgehead atoms. The molecule has 4 heteroatoms. The van der Waals surface area contributed by atoms with Crippen molar-refractivity contribution in [3.8, 4) is 0 Å². The average molecular weight is 313 g/mol. The van der Waals surface area contributed by atoms with Crippen LogP contribution in [0.25, 0.3) is 0 Å². The zero-order valence-corrected chi connectivity index (χ0v) is 15.8. The smallest absolute Gasteiger partial charge is 0.125 e. The third-order valence-corrected chi connectivity index (χ3v) is 4.97. The molecular weight excluding hydrogens is 280 g/mol. The molecule has 0 aliphatic carbocycles. The third-order valence-electron chi connectivity index (χ3n) is 3.67. The molecule has 1 atom stereocenters. The molecule has 0 aromatic carbocycles. The van der Waals surface area contributed by atoms with Crippen LogP contribution in [0.4, 0.5) is 0 Å². The monoisotopic (exact) mass is 312 g/mol. The summed E-state index contributed by atoms with van der Waals surface area (Å²) < 4.78 is 6.00. The number of aromatic nitrogens is 1. The Morgan fingerprint density at radius 3 is 2.24 bits per heavy atom. The molecule has 21 heavy (non-hydrogen) atoms. The largest absolute Gasteiger partial charge is 0.368 e. The van der Waals surface area contributed by atoms with E-state index in [0.29, 0.717) is 12.6 Å². The molecule has 1 heterocycles. The minimum atomic E-state index is -0.268. The fourth-order valence-electron chi connectivity index (χ4n) is 2.21. The fourth-order valence-corrected chi connectivity index (χ4v) is 3.61. The lowest BCUT2D eigenvalue weighted by atomic mass is 9.91. The molecule has 0 saturated heterocycles. The lowest BCUT2D eigenvalue weighted by molar-refractivity contribution is -0.0326. The summed E-state index contributed by atoms with van der Waals surface area (Å²) in [5, 5.41) is 4.63. The number of ether oxygens (including phenoxy) is 1. The highest BCUT2D eigenvalue weighted by atomic mass is 32.1. The van der Waals surface area contributed by atoms with Crippen molar-refractivity contribution in [3.63, 3.8) is 0 Å². The summed E-state index contributed by atoms with van der Waals surface area (Å²) in [5.74, 6) is 0. The quantitative estimate of drug-likeness (QED) is 0.799. The van der Waals surface area contributed by atoms with Crippen LogP contribution in [0, 0.1) is 0 Å². The first-order chi connectivity index (χ1) is 9.64. The summed E-state index contributed by atoms with van der Waals surface area (Å²) in [4.78, 5) is 6.31. The van der Waals surface area contributed by atoms with Crippen LogP contribution in [0.15, 0.2) is 0 Å². The van der Waals surface area contributed by atoms with E-state index >= 15 is 0 Å². The molecule has 0 saturated carbocycles. The Labute approximate surface area is 134 Å². The minimum absolute atomic E-state index is 0.0591. The predicted octanol–water partition coefficient (Wildman–Crippen LogP) is 4.60. The van der Waals surface area contributed by atoms with E-state index in [2.05, 4.69) is 53.8 Å². The molecule has 1 rings (SSSR count). The van der Waals surface area contributed by atoms with Gasteiger partial charge in [0.2, 0.25) is 0 Å². The maximum atomic E-state index is 6.00. The summed E-state index contributed by atoms with van der Waals surface area (Å²) in [6.45, 7) is 19.0. The van der Waals surface area contributed by atoms with Crippen molar-refractivity contribution in [3.05, 3.63) is 15.6 Å². The Morgan fingerprint density at radius 1 is 1.19 bits per heavy atom. The van der Waals surface area contributed by atoms with Gasteiger partial charge in [-0.25, -0.2) is 4.98 Å². The van der Waals surface area contributed by atoms with Gasteiger partial charge in [0, 0.05) is 29.5 Å². The number of nitrogens with one attached hydrogen (secondary N) is 1. The van der Waals surface area contributed by atoms with E-state index in [0.717, 1.165) is 18.0 Å². The minimum Gasteiger partial charge on any atom is -0.368 e. The number of thiazole rings is 1. The van der Waals surface area contributed by atoms with E-state index in [1.807, 2.05) is 6.92 Å². The lowest BCUT2D eigenvalue weighted by Crippen LogP contribution is -2.25. The molecule has 0 aliphatic heterocycles. The average Bonchev–Trinajstić information content (AvgIpc) is 2.81. The van der Waals surface area contributed by atoms with E-state index in [-0.39, 0.29) is 11.0 Å². The van der Waals surface area contributed by atoms with Gasteiger partial charge >= 0.3 is 0 Å². The van der Waals surface area contributed by atoms with Crippen LogP contribution >= 0.6 is 11.3 Å². The van der Waals surface area contributed by atoms with E-state index < -0.39 is 0 Å². The van der Waals surface area contributed by atoms with Crippen LogP contribution in [-0.2, 0) is 22.3 Å². The van der Waals surface area contributed by atoms with Gasteiger partial charge in [-0.05, 0) is 20.3 Å². The zero-order chi connectivity index (χ0) is 16.3. The fraction of sp³-hybridized carbons (Fsp3) is 0.824. The first kappa shape index (κ1) is 18.6. The molecule has 0 fully saturated rings. The van der Waals surface area contributed by atoms with Gasteiger partial charge in [0.15, 0.2) is 0 Å². The van der Waals surface area contributed by atoms with Crippen molar-refractivity contribution >= 4 is 11.3 Å². The van der Waals surface area contributed by atoms with Crippen LogP contribution in [0.3, 0.4) is 0 Å². The van der Waals surface area contributed by atoms with Gasteiger partial charge in [-0.1, -0.05) is 41.5 Å². The molecule has 1 aromatic rings. The molecule has 0 aliphatic rings. The molecule has 1 N–H and O–H groups in total. The van der Waals surface area contributed by atoms with Gasteiger partial charge in [-0.3, -0.25) is 0 Å². The SMILES string of the molecule is CCOC(C)(CC)c1nc(C(C)(C)C)c(CNC(C)C)s1. The zero-order valence-electron chi connectivity index (χ0n) is 15.0. The third kappa shape index (κ3) is 4.76. The Hall–Kier alpha value is -0.450. The number of rotatable bonds is 7. The van der Waals surface area contributed by atoms with Gasteiger partial charge in [0.1, 0.15) is 10.6 Å². The standard InChI is InChI=1S/C17H32N2OS/c1-9-17(8,20-10-2)15-19-14(16(5,6)7)13(21-15)11-18-12(3)4/h12,18H,9-11H2,1-8H3. The summed E-state index contributed by atoms with van der Waals surface area (Å²) in [7, 11) is 0. The highest BCUT2D eigenvalue weighted by Crippen LogP contribution is 2.37. The van der Waals surface area contributed by atoms with Crippen LogP contribution in [-0.4, -0.2) is 17.6 Å². The van der Waals surface area contributed by atoms with Crippen molar-refractivity contribution in [1.82, 2.24) is 10.3 Å². The highest BCUT2D eigenvalue weighted by molar-refractivity contribution is 7.11. The Balaban J connectivity index is 3.18. The summed E-state index contributed by atoms with van der Waals surface area (Å²) in [6, 6.07) is 0.479. The molecule has 122 valence electrons.